The Morgan fingerprint density at radius 2 is 2.04 bits per heavy atom. The van der Waals surface area contributed by atoms with Crippen molar-refractivity contribution in [2.75, 3.05) is 33.3 Å². The highest BCUT2D eigenvalue weighted by molar-refractivity contribution is 5.79. The number of ether oxygens (including phenoxy) is 1. The van der Waals surface area contributed by atoms with E-state index in [0.717, 1.165) is 24.6 Å². The van der Waals surface area contributed by atoms with Gasteiger partial charge < -0.3 is 15.4 Å². The van der Waals surface area contributed by atoms with Crippen LogP contribution in [0.15, 0.2) is 23.3 Å². The first-order valence-electron chi connectivity index (χ1n) is 9.32. The van der Waals surface area contributed by atoms with Crippen LogP contribution in [0.25, 0.3) is 0 Å². The zero-order valence-electron chi connectivity index (χ0n) is 16.1. The average Bonchev–Trinajstić information content (AvgIpc) is 2.65. The molecule has 0 aromatic carbocycles. The number of pyridine rings is 1. The van der Waals surface area contributed by atoms with Crippen LogP contribution in [0.3, 0.4) is 0 Å². The molecule has 0 unspecified atom stereocenters. The van der Waals surface area contributed by atoms with Crippen molar-refractivity contribution in [3.63, 3.8) is 0 Å². The molecule has 2 rings (SSSR count). The molecule has 1 aromatic heterocycles. The number of methoxy groups -OCH3 is 1. The molecular weight excluding hydrogens is 314 g/mol. The van der Waals surface area contributed by atoms with Gasteiger partial charge in [-0.2, -0.15) is 0 Å². The summed E-state index contributed by atoms with van der Waals surface area (Å²) in [6.45, 7) is 11.3. The van der Waals surface area contributed by atoms with Crippen molar-refractivity contribution in [1.82, 2.24) is 20.5 Å². The van der Waals surface area contributed by atoms with E-state index in [0.29, 0.717) is 12.4 Å². The minimum absolute atomic E-state index is 0.114. The fourth-order valence-electron chi connectivity index (χ4n) is 3.15. The first kappa shape index (κ1) is 19.5. The Labute approximate surface area is 152 Å². The second-order valence-corrected chi connectivity index (χ2v) is 7.08. The fourth-order valence-corrected chi connectivity index (χ4v) is 3.15. The Balaban J connectivity index is 1.97. The molecule has 6 nitrogen and oxygen atoms in total. The molecule has 1 aromatic rings. The summed E-state index contributed by atoms with van der Waals surface area (Å²) >= 11 is 0. The smallest absolute Gasteiger partial charge is 0.218 e. The second-order valence-electron chi connectivity index (χ2n) is 7.08. The highest BCUT2D eigenvalue weighted by Crippen LogP contribution is 2.20. The normalized spacial score (nSPS) is 16.6. The minimum atomic E-state index is 0.114. The van der Waals surface area contributed by atoms with Gasteiger partial charge in [0.25, 0.3) is 0 Å². The third-order valence-electron chi connectivity index (χ3n) is 4.70. The van der Waals surface area contributed by atoms with E-state index in [1.807, 2.05) is 12.1 Å². The van der Waals surface area contributed by atoms with Gasteiger partial charge in [-0.15, -0.1) is 0 Å². The van der Waals surface area contributed by atoms with Crippen LogP contribution in [0.5, 0.6) is 5.88 Å². The van der Waals surface area contributed by atoms with Gasteiger partial charge in [0.1, 0.15) is 0 Å². The SMILES string of the molecule is CCNC(=NCc1cccnc1OC)NCC(C)(C)N1CCCCC1. The Bertz CT molecular complexity index is 553. The predicted octanol–water partition coefficient (Wildman–Crippen LogP) is 2.41. The lowest BCUT2D eigenvalue weighted by molar-refractivity contribution is 0.0982. The maximum absolute atomic E-state index is 5.30. The van der Waals surface area contributed by atoms with E-state index in [9.17, 15) is 0 Å². The van der Waals surface area contributed by atoms with E-state index in [1.165, 1.54) is 32.4 Å². The number of aliphatic imine (C=N–C) groups is 1. The molecule has 0 atom stereocenters. The molecule has 0 bridgehead atoms. The number of likely N-dealkylation sites (tertiary alicyclic amines) is 1. The molecule has 2 heterocycles. The predicted molar refractivity (Wildman–Crippen MR) is 103 cm³/mol. The third-order valence-corrected chi connectivity index (χ3v) is 4.70. The maximum Gasteiger partial charge on any atom is 0.218 e. The number of guanidine groups is 1. The number of piperidine rings is 1. The van der Waals surface area contributed by atoms with Crippen LogP contribution < -0.4 is 15.4 Å². The Hall–Kier alpha value is -1.82. The first-order chi connectivity index (χ1) is 12.1. The van der Waals surface area contributed by atoms with Crippen molar-refractivity contribution in [2.45, 2.75) is 52.1 Å². The summed E-state index contributed by atoms with van der Waals surface area (Å²) < 4.78 is 5.30. The zero-order valence-corrected chi connectivity index (χ0v) is 16.1. The van der Waals surface area contributed by atoms with Crippen LogP contribution in [0.2, 0.25) is 0 Å². The standard InChI is InChI=1S/C19H33N5O/c1-5-20-18(22-14-16-10-9-11-21-17(16)25-4)23-15-19(2,3)24-12-7-6-8-13-24/h9-11H,5-8,12-15H2,1-4H3,(H2,20,22,23). The molecule has 2 N–H and O–H groups in total. The van der Waals surface area contributed by atoms with E-state index in [-0.39, 0.29) is 5.54 Å². The molecule has 0 amide bonds. The topological polar surface area (TPSA) is 61.8 Å². The number of nitrogens with one attached hydrogen (secondary N) is 2. The summed E-state index contributed by atoms with van der Waals surface area (Å²) in [4.78, 5) is 11.5. The number of rotatable bonds is 7. The van der Waals surface area contributed by atoms with Gasteiger partial charge in [-0.25, -0.2) is 9.98 Å². The lowest BCUT2D eigenvalue weighted by Gasteiger charge is -2.41. The molecule has 0 saturated carbocycles. The van der Waals surface area contributed by atoms with Crippen LogP contribution in [-0.4, -0.2) is 54.7 Å². The Morgan fingerprint density at radius 3 is 2.72 bits per heavy atom. The van der Waals surface area contributed by atoms with Gasteiger partial charge in [-0.1, -0.05) is 12.5 Å². The van der Waals surface area contributed by atoms with Gasteiger partial charge in [0, 0.05) is 30.4 Å². The highest BCUT2D eigenvalue weighted by Gasteiger charge is 2.27. The van der Waals surface area contributed by atoms with E-state index in [1.54, 1.807) is 13.3 Å². The largest absolute Gasteiger partial charge is 0.481 e. The molecule has 1 aliphatic heterocycles. The monoisotopic (exact) mass is 347 g/mol. The van der Waals surface area contributed by atoms with Gasteiger partial charge >= 0.3 is 0 Å². The van der Waals surface area contributed by atoms with Crippen molar-refractivity contribution in [3.8, 4) is 5.88 Å². The van der Waals surface area contributed by atoms with E-state index in [4.69, 9.17) is 9.73 Å². The van der Waals surface area contributed by atoms with Crippen molar-refractivity contribution in [3.05, 3.63) is 23.9 Å². The van der Waals surface area contributed by atoms with Gasteiger partial charge in [0.05, 0.1) is 13.7 Å². The molecule has 0 radical (unpaired) electrons. The number of hydrogen-bond donors (Lipinski definition) is 2. The van der Waals surface area contributed by atoms with E-state index < -0.39 is 0 Å². The number of aromatic nitrogens is 1. The van der Waals surface area contributed by atoms with Crippen LogP contribution in [0.1, 0.15) is 45.6 Å². The van der Waals surface area contributed by atoms with E-state index in [2.05, 4.69) is 41.3 Å². The summed E-state index contributed by atoms with van der Waals surface area (Å²) in [5, 5.41) is 6.83. The highest BCUT2D eigenvalue weighted by atomic mass is 16.5. The molecule has 1 aliphatic rings. The Morgan fingerprint density at radius 1 is 1.28 bits per heavy atom. The van der Waals surface area contributed by atoms with Crippen molar-refractivity contribution < 1.29 is 4.74 Å². The zero-order chi connectivity index (χ0) is 18.1. The summed E-state index contributed by atoms with van der Waals surface area (Å²) in [5.41, 5.74) is 1.10. The molecule has 0 spiro atoms. The van der Waals surface area contributed by atoms with Crippen LogP contribution in [0, 0.1) is 0 Å². The molecule has 1 fully saturated rings. The summed E-state index contributed by atoms with van der Waals surface area (Å²) in [6, 6.07) is 3.91. The number of hydrogen-bond acceptors (Lipinski definition) is 4. The maximum atomic E-state index is 5.30. The first-order valence-corrected chi connectivity index (χ1v) is 9.32. The van der Waals surface area contributed by atoms with Crippen LogP contribution >= 0.6 is 0 Å². The number of nitrogens with zero attached hydrogens (tertiary/aromatic N) is 3. The molecular formula is C19H33N5O. The molecule has 6 heteroatoms. The molecule has 140 valence electrons. The van der Waals surface area contributed by atoms with Gasteiger partial charge in [0.2, 0.25) is 5.88 Å². The lowest BCUT2D eigenvalue weighted by atomic mass is 9.98. The van der Waals surface area contributed by atoms with Gasteiger partial charge in [-0.05, 0) is 52.8 Å². The minimum Gasteiger partial charge on any atom is -0.481 e. The van der Waals surface area contributed by atoms with Crippen LogP contribution in [-0.2, 0) is 6.54 Å². The second kappa shape index (κ2) is 9.61. The summed E-state index contributed by atoms with van der Waals surface area (Å²) in [7, 11) is 1.64. The average molecular weight is 348 g/mol. The van der Waals surface area contributed by atoms with Gasteiger partial charge in [0.15, 0.2) is 5.96 Å². The quantitative estimate of drug-likeness (QED) is 0.586. The molecule has 0 aliphatic carbocycles. The molecule has 1 saturated heterocycles. The van der Waals surface area contributed by atoms with Crippen molar-refractivity contribution >= 4 is 5.96 Å². The Kier molecular flexibility index (Phi) is 7.50. The van der Waals surface area contributed by atoms with Crippen LogP contribution in [0.4, 0.5) is 0 Å². The summed E-state index contributed by atoms with van der Waals surface area (Å²) in [5.74, 6) is 1.47. The summed E-state index contributed by atoms with van der Waals surface area (Å²) in [6.07, 6.45) is 5.70. The lowest BCUT2D eigenvalue weighted by Crippen LogP contribution is -2.54. The fraction of sp³-hybridized carbons (Fsp3) is 0.684. The van der Waals surface area contributed by atoms with Crippen molar-refractivity contribution in [1.29, 1.82) is 0 Å². The van der Waals surface area contributed by atoms with Gasteiger partial charge in [-0.3, -0.25) is 4.90 Å². The third kappa shape index (κ3) is 5.88. The molecule has 25 heavy (non-hydrogen) atoms. The van der Waals surface area contributed by atoms with E-state index >= 15 is 0 Å². The van der Waals surface area contributed by atoms with Crippen molar-refractivity contribution in [2.24, 2.45) is 4.99 Å².